The van der Waals surface area contributed by atoms with Crippen molar-refractivity contribution in [3.63, 3.8) is 0 Å². The summed E-state index contributed by atoms with van der Waals surface area (Å²) in [6.07, 6.45) is 9.96. The van der Waals surface area contributed by atoms with Crippen LogP contribution in [0.25, 0.3) is 0 Å². The molecular weight excluding hydrogens is 426 g/mol. The third-order valence-corrected chi connectivity index (χ3v) is 10.6. The van der Waals surface area contributed by atoms with E-state index < -0.39 is 0 Å². The Morgan fingerprint density at radius 2 is 1.88 bits per heavy atom. The van der Waals surface area contributed by atoms with Gasteiger partial charge in [-0.3, -0.25) is 14.4 Å². The summed E-state index contributed by atoms with van der Waals surface area (Å²) >= 11 is 0. The fraction of sp³-hybridized carbons (Fsp3) is 0.828. The lowest BCUT2D eigenvalue weighted by atomic mass is 9.47. The highest BCUT2D eigenvalue weighted by molar-refractivity contribution is 5.92. The van der Waals surface area contributed by atoms with Crippen LogP contribution in [0.2, 0.25) is 0 Å². The van der Waals surface area contributed by atoms with Crippen molar-refractivity contribution >= 4 is 17.5 Å². The fourth-order valence-corrected chi connectivity index (χ4v) is 8.54. The van der Waals surface area contributed by atoms with Crippen LogP contribution in [0, 0.1) is 46.3 Å². The molecule has 4 aliphatic rings. The minimum absolute atomic E-state index is 0.0411. The van der Waals surface area contributed by atoms with E-state index in [4.69, 9.17) is 0 Å². The Labute approximate surface area is 205 Å². The highest BCUT2D eigenvalue weighted by Crippen LogP contribution is 2.66. The summed E-state index contributed by atoms with van der Waals surface area (Å²) in [4.78, 5) is 37.8. The number of rotatable bonds is 7. The average Bonchev–Trinajstić information content (AvgIpc) is 3.05. The first-order valence-electron chi connectivity index (χ1n) is 13.6. The summed E-state index contributed by atoms with van der Waals surface area (Å²) in [5.41, 5.74) is 1.52. The first-order valence-corrected chi connectivity index (χ1v) is 13.6. The number of aliphatic hydroxyl groups is 1. The van der Waals surface area contributed by atoms with Crippen LogP contribution in [0.3, 0.4) is 0 Å². The molecule has 0 aromatic carbocycles. The quantitative estimate of drug-likeness (QED) is 0.519. The molecular formula is C29H45NO4. The van der Waals surface area contributed by atoms with Gasteiger partial charge in [0.1, 0.15) is 11.6 Å². The van der Waals surface area contributed by atoms with Gasteiger partial charge in [-0.25, -0.2) is 0 Å². The second kappa shape index (κ2) is 9.52. The zero-order valence-electron chi connectivity index (χ0n) is 21.9. The van der Waals surface area contributed by atoms with Gasteiger partial charge in [0, 0.05) is 38.1 Å². The van der Waals surface area contributed by atoms with Gasteiger partial charge in [0.15, 0.2) is 0 Å². The zero-order chi connectivity index (χ0) is 24.8. The molecule has 9 atom stereocenters. The number of ketones is 2. The van der Waals surface area contributed by atoms with Gasteiger partial charge in [0.2, 0.25) is 5.91 Å². The van der Waals surface area contributed by atoms with Crippen LogP contribution >= 0.6 is 0 Å². The lowest BCUT2D eigenvalue weighted by Crippen LogP contribution is -2.51. The number of amides is 1. The van der Waals surface area contributed by atoms with E-state index in [2.05, 4.69) is 32.2 Å². The smallest absolute Gasteiger partial charge is 0.216 e. The van der Waals surface area contributed by atoms with Crippen LogP contribution in [0.5, 0.6) is 0 Å². The summed E-state index contributed by atoms with van der Waals surface area (Å²) < 4.78 is 0. The van der Waals surface area contributed by atoms with E-state index in [1.54, 1.807) is 0 Å². The molecule has 0 aliphatic heterocycles. The normalized spacial score (nSPS) is 40.9. The number of hydrogen-bond donors (Lipinski definition) is 2. The van der Waals surface area contributed by atoms with Gasteiger partial charge >= 0.3 is 0 Å². The topological polar surface area (TPSA) is 83.5 Å². The largest absolute Gasteiger partial charge is 0.393 e. The van der Waals surface area contributed by atoms with E-state index in [9.17, 15) is 19.5 Å². The SMILES string of the molecule is CC(=O)NC[C@@H](C)CCC(=O)[C@H](C)[C@@H]1C(=O)C[C@H]2[C@H]3CC=C4C[C@@H](O)CC[C@]4(C)[C@@H]3CC[C@@]21C. The Bertz CT molecular complexity index is 864. The van der Waals surface area contributed by atoms with Crippen molar-refractivity contribution in [1.82, 2.24) is 5.32 Å². The molecule has 190 valence electrons. The maximum atomic E-state index is 13.4. The molecule has 1 amide bonds. The van der Waals surface area contributed by atoms with Crippen LogP contribution in [0.15, 0.2) is 11.6 Å². The maximum absolute atomic E-state index is 13.4. The summed E-state index contributed by atoms with van der Waals surface area (Å²) in [7, 11) is 0. The lowest BCUT2D eigenvalue weighted by molar-refractivity contribution is -0.134. The van der Waals surface area contributed by atoms with Crippen LogP contribution in [-0.4, -0.2) is 35.2 Å². The van der Waals surface area contributed by atoms with Crippen molar-refractivity contribution in [1.29, 1.82) is 0 Å². The molecule has 0 unspecified atom stereocenters. The van der Waals surface area contributed by atoms with Crippen LogP contribution in [-0.2, 0) is 14.4 Å². The highest BCUT2D eigenvalue weighted by Gasteiger charge is 2.62. The first-order chi connectivity index (χ1) is 16.0. The number of nitrogens with one attached hydrogen (secondary N) is 1. The van der Waals surface area contributed by atoms with Crippen molar-refractivity contribution in [2.45, 2.75) is 98.5 Å². The number of fused-ring (bicyclic) bond motifs is 5. The number of carbonyl (C=O) groups is 3. The van der Waals surface area contributed by atoms with Crippen molar-refractivity contribution in [2.24, 2.45) is 46.3 Å². The maximum Gasteiger partial charge on any atom is 0.216 e. The number of hydrogen-bond acceptors (Lipinski definition) is 4. The van der Waals surface area contributed by atoms with Gasteiger partial charge in [0.05, 0.1) is 6.10 Å². The van der Waals surface area contributed by atoms with E-state index in [-0.39, 0.29) is 46.4 Å². The van der Waals surface area contributed by atoms with E-state index in [0.717, 1.165) is 44.9 Å². The third-order valence-electron chi connectivity index (χ3n) is 10.6. The Balaban J connectivity index is 1.46. The van der Waals surface area contributed by atoms with Crippen molar-refractivity contribution < 1.29 is 19.5 Å². The Morgan fingerprint density at radius 3 is 2.59 bits per heavy atom. The Kier molecular flexibility index (Phi) is 7.17. The molecule has 0 bridgehead atoms. The molecule has 0 heterocycles. The van der Waals surface area contributed by atoms with Gasteiger partial charge in [-0.15, -0.1) is 0 Å². The predicted molar refractivity (Wildman–Crippen MR) is 133 cm³/mol. The van der Waals surface area contributed by atoms with Crippen molar-refractivity contribution in [2.75, 3.05) is 6.54 Å². The fourth-order valence-electron chi connectivity index (χ4n) is 8.54. The number of carbonyl (C=O) groups excluding carboxylic acids is 3. The highest BCUT2D eigenvalue weighted by atomic mass is 16.3. The summed E-state index contributed by atoms with van der Waals surface area (Å²) in [5, 5.41) is 13.1. The predicted octanol–water partition coefficient (Wildman–Crippen LogP) is 4.86. The first kappa shape index (κ1) is 25.6. The van der Waals surface area contributed by atoms with Crippen molar-refractivity contribution in [3.05, 3.63) is 11.6 Å². The molecule has 3 saturated carbocycles. The Hall–Kier alpha value is -1.49. The average molecular weight is 472 g/mol. The van der Waals surface area contributed by atoms with Crippen LogP contribution in [0.4, 0.5) is 0 Å². The van der Waals surface area contributed by atoms with E-state index in [0.29, 0.717) is 42.9 Å². The summed E-state index contributed by atoms with van der Waals surface area (Å²) in [6.45, 7) is 10.9. The molecule has 2 N–H and O–H groups in total. The monoisotopic (exact) mass is 471 g/mol. The number of aliphatic hydroxyl groups excluding tert-OH is 1. The van der Waals surface area contributed by atoms with Gasteiger partial charge in [-0.2, -0.15) is 0 Å². The van der Waals surface area contributed by atoms with Crippen molar-refractivity contribution in [3.8, 4) is 0 Å². The van der Waals surface area contributed by atoms with Gasteiger partial charge in [-0.1, -0.05) is 39.3 Å². The Morgan fingerprint density at radius 1 is 1.15 bits per heavy atom. The van der Waals surface area contributed by atoms with E-state index in [1.165, 1.54) is 12.5 Å². The molecule has 4 aliphatic carbocycles. The molecule has 34 heavy (non-hydrogen) atoms. The lowest BCUT2D eigenvalue weighted by Gasteiger charge is -2.58. The van der Waals surface area contributed by atoms with Gasteiger partial charge in [0.25, 0.3) is 0 Å². The molecule has 0 aromatic heterocycles. The molecule has 5 nitrogen and oxygen atoms in total. The molecule has 3 fully saturated rings. The summed E-state index contributed by atoms with van der Waals surface area (Å²) in [5.74, 6) is 1.78. The molecule has 4 rings (SSSR count). The number of allylic oxidation sites excluding steroid dienone is 1. The summed E-state index contributed by atoms with van der Waals surface area (Å²) in [6, 6.07) is 0. The third kappa shape index (κ3) is 4.42. The van der Waals surface area contributed by atoms with Crippen LogP contribution in [0.1, 0.15) is 92.4 Å². The molecule has 0 saturated heterocycles. The second-order valence-corrected chi connectivity index (χ2v) is 12.7. The van der Waals surface area contributed by atoms with Gasteiger partial charge < -0.3 is 10.4 Å². The molecule has 5 heteroatoms. The van der Waals surface area contributed by atoms with Crippen LogP contribution < -0.4 is 5.32 Å². The molecule has 0 aromatic rings. The van der Waals surface area contributed by atoms with Gasteiger partial charge in [-0.05, 0) is 79.4 Å². The van der Waals surface area contributed by atoms with E-state index in [1.807, 2.05) is 6.92 Å². The number of Topliss-reactive ketones (excluding diaryl/α,β-unsaturated/α-hetero) is 2. The second-order valence-electron chi connectivity index (χ2n) is 12.7. The zero-order valence-corrected chi connectivity index (χ0v) is 21.9. The standard InChI is InChI=1S/C29H45NO4/c1-17(16-30-19(3)31)6-9-25(33)18(2)27-26(34)15-24-22-8-7-20-14-21(32)10-12-28(20,4)23(22)11-13-29(24,27)5/h7,17-18,21-24,27,32H,6,8-16H2,1-5H3,(H,30,31)/t17-,18-,21-,22-,23+,24-,27+,28-,29-/m0/s1. The minimum atomic E-state index is -0.234. The molecule has 0 radical (unpaired) electrons. The van der Waals surface area contributed by atoms with E-state index >= 15 is 0 Å². The minimum Gasteiger partial charge on any atom is -0.393 e. The molecule has 0 spiro atoms.